The third kappa shape index (κ3) is 4.83. The van der Waals surface area contributed by atoms with Gasteiger partial charge in [0.1, 0.15) is 5.75 Å². The van der Waals surface area contributed by atoms with E-state index in [0.717, 1.165) is 16.3 Å². The van der Waals surface area contributed by atoms with Gasteiger partial charge in [-0.3, -0.25) is 4.79 Å². The van der Waals surface area contributed by atoms with Gasteiger partial charge in [-0.1, -0.05) is 6.07 Å². The summed E-state index contributed by atoms with van der Waals surface area (Å²) >= 11 is 1.56. The van der Waals surface area contributed by atoms with Crippen molar-refractivity contribution in [1.82, 2.24) is 0 Å². The zero-order valence-electron chi connectivity index (χ0n) is 12.2. The average molecular weight is 312 g/mol. The molecule has 0 aliphatic rings. The predicted molar refractivity (Wildman–Crippen MR) is 88.1 cm³/mol. The van der Waals surface area contributed by atoms with Crippen molar-refractivity contribution in [3.63, 3.8) is 0 Å². The molecule has 0 fully saturated rings. The first kappa shape index (κ1) is 15.9. The van der Waals surface area contributed by atoms with Crippen LogP contribution in [0.3, 0.4) is 0 Å². The van der Waals surface area contributed by atoms with Crippen LogP contribution in [0, 0.1) is 11.3 Å². The van der Waals surface area contributed by atoms with Crippen molar-refractivity contribution >= 4 is 23.4 Å². The molecule has 0 spiro atoms. The highest BCUT2D eigenvalue weighted by Crippen LogP contribution is 2.20. The summed E-state index contributed by atoms with van der Waals surface area (Å²) in [6.07, 6.45) is 0.410. The molecule has 2 aromatic rings. The number of hydrogen-bond acceptors (Lipinski definition) is 4. The molecule has 0 aliphatic carbocycles. The zero-order chi connectivity index (χ0) is 15.8. The van der Waals surface area contributed by atoms with Crippen molar-refractivity contribution in [1.29, 1.82) is 5.26 Å². The Kier molecular flexibility index (Phi) is 5.87. The van der Waals surface area contributed by atoms with Crippen LogP contribution < -0.4 is 10.1 Å². The fourth-order valence-corrected chi connectivity index (χ4v) is 2.72. The highest BCUT2D eigenvalue weighted by atomic mass is 32.2. The van der Waals surface area contributed by atoms with Crippen molar-refractivity contribution in [2.75, 3.05) is 18.2 Å². The molecule has 1 amide bonds. The highest BCUT2D eigenvalue weighted by molar-refractivity contribution is 7.99. The van der Waals surface area contributed by atoms with Crippen LogP contribution in [-0.2, 0) is 4.79 Å². The number of carbonyl (C=O) groups excluding carboxylic acids is 1. The van der Waals surface area contributed by atoms with E-state index >= 15 is 0 Å². The molecule has 0 saturated heterocycles. The number of ether oxygens (including phenoxy) is 1. The standard InChI is InChI=1S/C17H16N2O2S/c1-21-15-7-5-14(6-8-15)19-17(20)9-10-22-16-4-2-3-13(11-16)12-18/h2-8,11H,9-10H2,1H3,(H,19,20). The van der Waals surface area contributed by atoms with E-state index in [1.54, 1.807) is 49.2 Å². The Balaban J connectivity index is 1.78. The van der Waals surface area contributed by atoms with E-state index in [2.05, 4.69) is 11.4 Å². The maximum atomic E-state index is 11.9. The van der Waals surface area contributed by atoms with Gasteiger partial charge in [0.2, 0.25) is 5.91 Å². The maximum absolute atomic E-state index is 11.9. The van der Waals surface area contributed by atoms with Crippen molar-refractivity contribution in [2.24, 2.45) is 0 Å². The Bertz CT molecular complexity index is 678. The minimum absolute atomic E-state index is 0.0332. The Hall–Kier alpha value is -2.45. The third-order valence-corrected chi connectivity index (χ3v) is 3.93. The molecule has 0 atom stereocenters. The van der Waals surface area contributed by atoms with E-state index in [0.29, 0.717) is 17.7 Å². The molecule has 2 aromatic carbocycles. The fourth-order valence-electron chi connectivity index (χ4n) is 1.81. The summed E-state index contributed by atoms with van der Waals surface area (Å²) in [5.74, 6) is 1.39. The molecule has 2 rings (SSSR count). The molecule has 112 valence electrons. The second-order valence-electron chi connectivity index (χ2n) is 4.51. The van der Waals surface area contributed by atoms with Crippen LogP contribution in [0.15, 0.2) is 53.4 Å². The number of nitriles is 1. The first-order chi connectivity index (χ1) is 10.7. The lowest BCUT2D eigenvalue weighted by Crippen LogP contribution is -2.12. The SMILES string of the molecule is COc1ccc(NC(=O)CCSc2cccc(C#N)c2)cc1. The van der Waals surface area contributed by atoms with Crippen molar-refractivity contribution in [2.45, 2.75) is 11.3 Å². The Morgan fingerprint density at radius 1 is 1.27 bits per heavy atom. The fraction of sp³-hybridized carbons (Fsp3) is 0.176. The van der Waals surface area contributed by atoms with E-state index < -0.39 is 0 Å². The Labute approximate surface area is 134 Å². The van der Waals surface area contributed by atoms with Crippen LogP contribution in [0.2, 0.25) is 0 Å². The van der Waals surface area contributed by atoms with Crippen LogP contribution >= 0.6 is 11.8 Å². The number of amides is 1. The normalized spacial score (nSPS) is 9.82. The van der Waals surface area contributed by atoms with Gasteiger partial charge in [-0.15, -0.1) is 11.8 Å². The van der Waals surface area contributed by atoms with Crippen molar-refractivity contribution in [3.8, 4) is 11.8 Å². The van der Waals surface area contributed by atoms with Crippen LogP contribution in [0.5, 0.6) is 5.75 Å². The van der Waals surface area contributed by atoms with E-state index in [9.17, 15) is 4.79 Å². The number of anilines is 1. The molecular formula is C17H16N2O2S. The second-order valence-corrected chi connectivity index (χ2v) is 5.68. The van der Waals surface area contributed by atoms with Gasteiger partial charge in [0.15, 0.2) is 0 Å². The average Bonchev–Trinajstić information content (AvgIpc) is 2.56. The summed E-state index contributed by atoms with van der Waals surface area (Å²) in [6.45, 7) is 0. The minimum Gasteiger partial charge on any atom is -0.497 e. The lowest BCUT2D eigenvalue weighted by Gasteiger charge is -2.06. The quantitative estimate of drug-likeness (QED) is 0.826. The Morgan fingerprint density at radius 2 is 2.05 bits per heavy atom. The maximum Gasteiger partial charge on any atom is 0.225 e. The van der Waals surface area contributed by atoms with Gasteiger partial charge in [0, 0.05) is 22.8 Å². The summed E-state index contributed by atoms with van der Waals surface area (Å²) in [4.78, 5) is 12.9. The predicted octanol–water partition coefficient (Wildman–Crippen LogP) is 3.69. The molecule has 4 nitrogen and oxygen atoms in total. The molecule has 0 aromatic heterocycles. The Morgan fingerprint density at radius 3 is 2.73 bits per heavy atom. The van der Waals surface area contributed by atoms with Gasteiger partial charge in [0.25, 0.3) is 0 Å². The number of benzene rings is 2. The van der Waals surface area contributed by atoms with Gasteiger partial charge in [-0.25, -0.2) is 0 Å². The summed E-state index contributed by atoms with van der Waals surface area (Å²) in [5.41, 5.74) is 1.38. The number of hydrogen-bond donors (Lipinski definition) is 1. The number of nitrogens with one attached hydrogen (secondary N) is 1. The number of thioether (sulfide) groups is 1. The largest absolute Gasteiger partial charge is 0.497 e. The monoisotopic (exact) mass is 312 g/mol. The first-order valence-electron chi connectivity index (χ1n) is 6.78. The zero-order valence-corrected chi connectivity index (χ0v) is 13.0. The molecule has 22 heavy (non-hydrogen) atoms. The van der Waals surface area contributed by atoms with Gasteiger partial charge in [0.05, 0.1) is 18.7 Å². The van der Waals surface area contributed by atoms with E-state index in [1.807, 2.05) is 18.2 Å². The lowest BCUT2D eigenvalue weighted by molar-refractivity contribution is -0.115. The molecule has 0 heterocycles. The second kappa shape index (κ2) is 8.11. The molecule has 5 heteroatoms. The molecular weight excluding hydrogens is 296 g/mol. The number of nitrogens with zero attached hydrogens (tertiary/aromatic N) is 1. The van der Waals surface area contributed by atoms with Gasteiger partial charge < -0.3 is 10.1 Å². The van der Waals surface area contributed by atoms with Gasteiger partial charge >= 0.3 is 0 Å². The first-order valence-corrected chi connectivity index (χ1v) is 7.76. The van der Waals surface area contributed by atoms with Gasteiger partial charge in [-0.2, -0.15) is 5.26 Å². The number of carbonyl (C=O) groups is 1. The molecule has 1 N–H and O–H groups in total. The molecule has 0 aliphatic heterocycles. The van der Waals surface area contributed by atoms with Crippen LogP contribution in [-0.4, -0.2) is 18.8 Å². The number of methoxy groups -OCH3 is 1. The van der Waals surface area contributed by atoms with Crippen molar-refractivity contribution in [3.05, 3.63) is 54.1 Å². The topological polar surface area (TPSA) is 62.1 Å². The summed E-state index contributed by atoms with van der Waals surface area (Å²) in [5, 5.41) is 11.7. The van der Waals surface area contributed by atoms with E-state index in [-0.39, 0.29) is 5.91 Å². The van der Waals surface area contributed by atoms with E-state index in [4.69, 9.17) is 10.00 Å². The van der Waals surface area contributed by atoms with Crippen LogP contribution in [0.25, 0.3) is 0 Å². The lowest BCUT2D eigenvalue weighted by atomic mass is 10.2. The van der Waals surface area contributed by atoms with Crippen LogP contribution in [0.4, 0.5) is 5.69 Å². The summed E-state index contributed by atoms with van der Waals surface area (Å²) in [6, 6.07) is 16.7. The van der Waals surface area contributed by atoms with Crippen LogP contribution in [0.1, 0.15) is 12.0 Å². The third-order valence-electron chi connectivity index (χ3n) is 2.93. The molecule has 0 radical (unpaired) electrons. The molecule has 0 bridgehead atoms. The van der Waals surface area contributed by atoms with Gasteiger partial charge in [-0.05, 0) is 42.5 Å². The van der Waals surface area contributed by atoms with Crippen molar-refractivity contribution < 1.29 is 9.53 Å². The number of rotatable bonds is 6. The van der Waals surface area contributed by atoms with E-state index in [1.165, 1.54) is 0 Å². The molecule has 0 saturated carbocycles. The molecule has 0 unspecified atom stereocenters. The minimum atomic E-state index is -0.0332. The summed E-state index contributed by atoms with van der Waals surface area (Å²) in [7, 11) is 1.60. The smallest absolute Gasteiger partial charge is 0.225 e. The highest BCUT2D eigenvalue weighted by Gasteiger charge is 2.04. The summed E-state index contributed by atoms with van der Waals surface area (Å²) < 4.78 is 5.07.